The Balaban J connectivity index is 1.81. The zero-order valence-electron chi connectivity index (χ0n) is 16.8. The van der Waals surface area contributed by atoms with Gasteiger partial charge in [-0.1, -0.05) is 81.3 Å². The molecule has 0 aliphatic rings. The maximum Gasteiger partial charge on any atom is 0.0707 e. The fourth-order valence-corrected chi connectivity index (χ4v) is 3.97. The summed E-state index contributed by atoms with van der Waals surface area (Å²) >= 11 is 0. The molecular formula is C25H33NO. The summed E-state index contributed by atoms with van der Waals surface area (Å²) in [5.74, 6) is 0. The summed E-state index contributed by atoms with van der Waals surface area (Å²) in [6.45, 7) is 7.41. The fraction of sp³-hybridized carbons (Fsp3) is 0.440. The summed E-state index contributed by atoms with van der Waals surface area (Å²) in [7, 11) is 0. The summed E-state index contributed by atoms with van der Waals surface area (Å²) in [5.41, 5.74) is 1.25. The van der Waals surface area contributed by atoms with E-state index in [0.717, 1.165) is 19.6 Å². The third-order valence-electron chi connectivity index (χ3n) is 5.43. The van der Waals surface area contributed by atoms with Crippen LogP contribution in [0.25, 0.3) is 21.5 Å². The van der Waals surface area contributed by atoms with E-state index < -0.39 is 0 Å². The van der Waals surface area contributed by atoms with Gasteiger partial charge in [0.05, 0.1) is 6.10 Å². The van der Waals surface area contributed by atoms with Gasteiger partial charge in [0, 0.05) is 13.0 Å². The molecule has 1 atom stereocenters. The van der Waals surface area contributed by atoms with Crippen LogP contribution in [0.15, 0.2) is 54.6 Å². The van der Waals surface area contributed by atoms with Gasteiger partial charge in [0.1, 0.15) is 0 Å². The summed E-state index contributed by atoms with van der Waals surface area (Å²) < 4.78 is 0. The molecule has 0 aliphatic heterocycles. The third-order valence-corrected chi connectivity index (χ3v) is 5.43. The van der Waals surface area contributed by atoms with Gasteiger partial charge in [-0.25, -0.2) is 0 Å². The van der Waals surface area contributed by atoms with Gasteiger partial charge in [-0.3, -0.25) is 0 Å². The predicted octanol–water partition coefficient (Wildman–Crippen LogP) is 5.80. The minimum absolute atomic E-state index is 0.330. The van der Waals surface area contributed by atoms with Crippen molar-refractivity contribution in [3.8, 4) is 0 Å². The first-order valence-electron chi connectivity index (χ1n) is 10.5. The van der Waals surface area contributed by atoms with Crippen LogP contribution in [0.5, 0.6) is 0 Å². The van der Waals surface area contributed by atoms with Gasteiger partial charge >= 0.3 is 0 Å². The number of rotatable bonds is 10. The number of fused-ring (bicyclic) bond motifs is 3. The molecule has 144 valence electrons. The summed E-state index contributed by atoms with van der Waals surface area (Å²) in [4.78, 5) is 2.45. The molecule has 3 aromatic carbocycles. The molecule has 3 rings (SSSR count). The van der Waals surface area contributed by atoms with Crippen molar-refractivity contribution >= 4 is 21.5 Å². The van der Waals surface area contributed by atoms with Gasteiger partial charge in [-0.2, -0.15) is 0 Å². The van der Waals surface area contributed by atoms with Crippen molar-refractivity contribution in [1.29, 1.82) is 0 Å². The lowest BCUT2D eigenvalue weighted by Gasteiger charge is -2.25. The second kappa shape index (κ2) is 9.87. The first-order chi connectivity index (χ1) is 13.2. The highest BCUT2D eigenvalue weighted by Gasteiger charge is 2.14. The summed E-state index contributed by atoms with van der Waals surface area (Å²) in [6.07, 6.45) is 5.19. The molecule has 0 radical (unpaired) electrons. The van der Waals surface area contributed by atoms with E-state index in [0.29, 0.717) is 6.42 Å². The number of hydrogen-bond acceptors (Lipinski definition) is 2. The number of hydrogen-bond donors (Lipinski definition) is 1. The standard InChI is InChI=1S/C25H33NO/c1-3-5-15-26(16-6-4-2)19-22(27)18-21-17-20-11-7-8-12-23(20)25-14-10-9-13-24(21)25/h7-14,17,22,27H,3-6,15-16,18-19H2,1-2H3/t22-/m1/s1. The highest BCUT2D eigenvalue weighted by Crippen LogP contribution is 2.29. The first-order valence-corrected chi connectivity index (χ1v) is 10.5. The van der Waals surface area contributed by atoms with Gasteiger partial charge in [0.15, 0.2) is 0 Å². The van der Waals surface area contributed by atoms with E-state index in [1.807, 2.05) is 0 Å². The van der Waals surface area contributed by atoms with Crippen LogP contribution in [0.3, 0.4) is 0 Å². The Labute approximate surface area is 163 Å². The molecule has 0 heterocycles. The molecule has 3 aromatic rings. The van der Waals surface area contributed by atoms with Crippen molar-refractivity contribution in [1.82, 2.24) is 4.90 Å². The Kier molecular flexibility index (Phi) is 7.25. The van der Waals surface area contributed by atoms with E-state index in [4.69, 9.17) is 0 Å². The molecule has 0 amide bonds. The van der Waals surface area contributed by atoms with Crippen LogP contribution in [0.4, 0.5) is 0 Å². The van der Waals surface area contributed by atoms with E-state index in [2.05, 4.69) is 73.3 Å². The monoisotopic (exact) mass is 363 g/mol. The first kappa shape index (κ1) is 19.9. The largest absolute Gasteiger partial charge is 0.391 e. The van der Waals surface area contributed by atoms with Crippen molar-refractivity contribution in [2.24, 2.45) is 0 Å². The molecule has 2 nitrogen and oxygen atoms in total. The number of aliphatic hydroxyl groups excluding tert-OH is 1. The van der Waals surface area contributed by atoms with Crippen LogP contribution < -0.4 is 0 Å². The van der Waals surface area contributed by atoms with Crippen LogP contribution in [0.2, 0.25) is 0 Å². The van der Waals surface area contributed by atoms with E-state index >= 15 is 0 Å². The molecule has 0 saturated heterocycles. The molecule has 0 aromatic heterocycles. The maximum atomic E-state index is 10.9. The third kappa shape index (κ3) is 5.09. The lowest BCUT2D eigenvalue weighted by atomic mass is 9.94. The normalized spacial score (nSPS) is 12.9. The second-order valence-electron chi connectivity index (χ2n) is 7.67. The minimum atomic E-state index is -0.330. The average molecular weight is 364 g/mol. The van der Waals surface area contributed by atoms with E-state index in [9.17, 15) is 5.11 Å². The molecule has 0 aliphatic carbocycles. The highest BCUT2D eigenvalue weighted by molar-refractivity contribution is 6.08. The van der Waals surface area contributed by atoms with Crippen LogP contribution in [0, 0.1) is 0 Å². The Morgan fingerprint density at radius 2 is 1.41 bits per heavy atom. The van der Waals surface area contributed by atoms with Crippen molar-refractivity contribution in [3.63, 3.8) is 0 Å². The number of nitrogens with zero attached hydrogens (tertiary/aromatic N) is 1. The zero-order valence-corrected chi connectivity index (χ0v) is 16.8. The van der Waals surface area contributed by atoms with Crippen LogP contribution in [-0.4, -0.2) is 35.7 Å². The lowest BCUT2D eigenvalue weighted by molar-refractivity contribution is 0.111. The fourth-order valence-electron chi connectivity index (χ4n) is 3.97. The Morgan fingerprint density at radius 3 is 2.07 bits per heavy atom. The second-order valence-corrected chi connectivity index (χ2v) is 7.67. The predicted molar refractivity (Wildman–Crippen MR) is 117 cm³/mol. The van der Waals surface area contributed by atoms with Gasteiger partial charge in [-0.05, 0) is 53.0 Å². The number of aliphatic hydroxyl groups is 1. The van der Waals surface area contributed by atoms with Crippen LogP contribution in [-0.2, 0) is 6.42 Å². The quantitative estimate of drug-likeness (QED) is 0.460. The molecular weight excluding hydrogens is 330 g/mol. The molecule has 0 bridgehead atoms. The Hall–Kier alpha value is -1.90. The zero-order chi connectivity index (χ0) is 19.1. The highest BCUT2D eigenvalue weighted by atomic mass is 16.3. The Bertz CT molecular complexity index is 849. The number of benzene rings is 3. The van der Waals surface area contributed by atoms with Crippen LogP contribution >= 0.6 is 0 Å². The SMILES string of the molecule is CCCCN(CCCC)C[C@H](O)Cc1cc2ccccc2c2ccccc12. The van der Waals surface area contributed by atoms with Crippen molar-refractivity contribution in [3.05, 3.63) is 60.2 Å². The van der Waals surface area contributed by atoms with Crippen molar-refractivity contribution in [2.45, 2.75) is 52.1 Å². The van der Waals surface area contributed by atoms with E-state index in [1.54, 1.807) is 0 Å². The lowest BCUT2D eigenvalue weighted by Crippen LogP contribution is -2.35. The number of unbranched alkanes of at least 4 members (excludes halogenated alkanes) is 2. The van der Waals surface area contributed by atoms with E-state index in [1.165, 1.54) is 52.8 Å². The van der Waals surface area contributed by atoms with Gasteiger partial charge in [0.25, 0.3) is 0 Å². The summed E-state index contributed by atoms with van der Waals surface area (Å²) in [5, 5.41) is 16.0. The van der Waals surface area contributed by atoms with Crippen LogP contribution in [0.1, 0.15) is 45.1 Å². The van der Waals surface area contributed by atoms with Crippen molar-refractivity contribution < 1.29 is 5.11 Å². The molecule has 0 unspecified atom stereocenters. The molecule has 1 N–H and O–H groups in total. The minimum Gasteiger partial charge on any atom is -0.391 e. The van der Waals surface area contributed by atoms with Crippen molar-refractivity contribution in [2.75, 3.05) is 19.6 Å². The maximum absolute atomic E-state index is 10.9. The molecule has 27 heavy (non-hydrogen) atoms. The van der Waals surface area contributed by atoms with E-state index in [-0.39, 0.29) is 6.10 Å². The summed E-state index contributed by atoms with van der Waals surface area (Å²) in [6, 6.07) is 19.4. The van der Waals surface area contributed by atoms with Gasteiger partial charge in [-0.15, -0.1) is 0 Å². The molecule has 0 saturated carbocycles. The molecule has 2 heteroatoms. The Morgan fingerprint density at radius 1 is 0.815 bits per heavy atom. The molecule has 0 fully saturated rings. The molecule has 0 spiro atoms. The average Bonchev–Trinajstić information content (AvgIpc) is 2.70. The topological polar surface area (TPSA) is 23.5 Å². The van der Waals surface area contributed by atoms with Gasteiger partial charge < -0.3 is 10.0 Å². The van der Waals surface area contributed by atoms with Gasteiger partial charge in [0.2, 0.25) is 0 Å². The smallest absolute Gasteiger partial charge is 0.0707 e.